The van der Waals surface area contributed by atoms with Crippen LogP contribution in [-0.2, 0) is 9.47 Å². The summed E-state index contributed by atoms with van der Waals surface area (Å²) in [6.45, 7) is 8.99. The van der Waals surface area contributed by atoms with Gasteiger partial charge < -0.3 is 14.4 Å². The average molecular weight is 393 g/mol. The second kappa shape index (κ2) is 7.72. The summed E-state index contributed by atoms with van der Waals surface area (Å²) in [5.74, 6) is 3.06. The smallest absolute Gasteiger partial charge is 0.159 e. The van der Waals surface area contributed by atoms with Gasteiger partial charge in [-0.1, -0.05) is 0 Å². The maximum atomic E-state index is 5.56. The maximum Gasteiger partial charge on any atom is 0.159 e. The summed E-state index contributed by atoms with van der Waals surface area (Å²) in [4.78, 5) is 11.6. The summed E-state index contributed by atoms with van der Waals surface area (Å²) in [6, 6.07) is 6.60. The van der Waals surface area contributed by atoms with E-state index >= 15 is 0 Å². The van der Waals surface area contributed by atoms with Crippen LogP contribution < -0.4 is 4.90 Å². The van der Waals surface area contributed by atoms with Crippen LogP contribution in [0.5, 0.6) is 0 Å². The van der Waals surface area contributed by atoms with E-state index in [4.69, 9.17) is 14.5 Å². The minimum Gasteiger partial charge on any atom is -0.381 e. The molecule has 0 atom stereocenters. The molecular formula is C22H27N5O2. The number of nitrogens with zero attached hydrogens (tertiary/aromatic N) is 5. The third kappa shape index (κ3) is 3.60. The number of hydrogen-bond acceptors (Lipinski definition) is 6. The highest BCUT2D eigenvalue weighted by atomic mass is 16.5. The quantitative estimate of drug-likeness (QED) is 0.681. The zero-order valence-electron chi connectivity index (χ0n) is 17.1. The predicted molar refractivity (Wildman–Crippen MR) is 112 cm³/mol. The lowest BCUT2D eigenvalue weighted by Gasteiger charge is -2.28. The van der Waals surface area contributed by atoms with Crippen molar-refractivity contribution in [3.8, 4) is 5.82 Å². The van der Waals surface area contributed by atoms with Gasteiger partial charge in [-0.3, -0.25) is 0 Å². The van der Waals surface area contributed by atoms with E-state index in [9.17, 15) is 0 Å². The van der Waals surface area contributed by atoms with Crippen molar-refractivity contribution >= 4 is 16.7 Å². The summed E-state index contributed by atoms with van der Waals surface area (Å²) in [6.07, 6.45) is 4.09. The molecular weight excluding hydrogens is 366 g/mol. The second-order valence-corrected chi connectivity index (χ2v) is 7.94. The molecule has 0 amide bonds. The molecule has 2 aliphatic heterocycles. The molecule has 7 heteroatoms. The fraction of sp³-hybridized carbons (Fsp3) is 0.500. The molecule has 7 nitrogen and oxygen atoms in total. The number of morpholine rings is 1. The zero-order valence-corrected chi connectivity index (χ0v) is 17.1. The largest absolute Gasteiger partial charge is 0.381 e. The van der Waals surface area contributed by atoms with Crippen LogP contribution in [0.4, 0.5) is 5.82 Å². The minimum atomic E-state index is 0.549. The summed E-state index contributed by atoms with van der Waals surface area (Å²) in [5, 5.41) is 5.82. The summed E-state index contributed by atoms with van der Waals surface area (Å²) >= 11 is 0. The Hall–Kier alpha value is -2.51. The molecule has 2 aliphatic rings. The third-order valence-corrected chi connectivity index (χ3v) is 5.98. The highest BCUT2D eigenvalue weighted by molar-refractivity contribution is 5.82. The molecule has 3 aromatic rings. The van der Waals surface area contributed by atoms with Gasteiger partial charge in [0.1, 0.15) is 11.6 Å². The van der Waals surface area contributed by atoms with Crippen molar-refractivity contribution in [2.24, 2.45) is 0 Å². The maximum absolute atomic E-state index is 5.56. The molecule has 4 heterocycles. The standard InChI is InChI=1S/C22H27N5O2/c1-15-11-18-14-23-27(20(18)12-19(15)17-3-7-28-8-4-17)22-13-21(24-16(2)25-22)26-5-9-29-10-6-26/h11-14,17H,3-10H2,1-2H3. The Morgan fingerprint density at radius 1 is 0.897 bits per heavy atom. The molecule has 0 radical (unpaired) electrons. The zero-order chi connectivity index (χ0) is 19.8. The van der Waals surface area contributed by atoms with Crippen molar-refractivity contribution in [1.82, 2.24) is 19.7 Å². The molecule has 0 bridgehead atoms. The van der Waals surface area contributed by atoms with Crippen molar-refractivity contribution in [2.75, 3.05) is 44.4 Å². The van der Waals surface area contributed by atoms with Crippen molar-refractivity contribution in [3.63, 3.8) is 0 Å². The Labute approximate surface area is 170 Å². The first-order valence-corrected chi connectivity index (χ1v) is 10.4. The van der Waals surface area contributed by atoms with Crippen molar-refractivity contribution in [3.05, 3.63) is 41.3 Å². The fourth-order valence-electron chi connectivity index (χ4n) is 4.43. The monoisotopic (exact) mass is 393 g/mol. The number of anilines is 1. The number of aromatic nitrogens is 4. The van der Waals surface area contributed by atoms with E-state index in [0.717, 1.165) is 80.7 Å². The van der Waals surface area contributed by atoms with Crippen LogP contribution in [0.2, 0.25) is 0 Å². The number of rotatable bonds is 3. The molecule has 0 unspecified atom stereocenters. The molecule has 0 N–H and O–H groups in total. The van der Waals surface area contributed by atoms with Crippen molar-refractivity contribution in [1.29, 1.82) is 0 Å². The topological polar surface area (TPSA) is 65.3 Å². The SMILES string of the molecule is Cc1nc(N2CCOCC2)cc(-n2ncc3cc(C)c(C4CCOCC4)cc32)n1. The van der Waals surface area contributed by atoms with E-state index in [1.165, 1.54) is 11.1 Å². The van der Waals surface area contributed by atoms with Crippen LogP contribution in [-0.4, -0.2) is 59.3 Å². The van der Waals surface area contributed by atoms with E-state index in [-0.39, 0.29) is 0 Å². The summed E-state index contributed by atoms with van der Waals surface area (Å²) in [5.41, 5.74) is 3.83. The fourth-order valence-corrected chi connectivity index (χ4v) is 4.43. The highest BCUT2D eigenvalue weighted by Crippen LogP contribution is 2.33. The summed E-state index contributed by atoms with van der Waals surface area (Å²) < 4.78 is 13.0. The second-order valence-electron chi connectivity index (χ2n) is 7.94. The first kappa shape index (κ1) is 18.5. The molecule has 2 aromatic heterocycles. The van der Waals surface area contributed by atoms with E-state index < -0.39 is 0 Å². The third-order valence-electron chi connectivity index (χ3n) is 5.98. The van der Waals surface area contributed by atoms with Crippen LogP contribution in [0.15, 0.2) is 24.4 Å². The predicted octanol–water partition coefficient (Wildman–Crippen LogP) is 3.16. The van der Waals surface area contributed by atoms with Crippen molar-refractivity contribution in [2.45, 2.75) is 32.6 Å². The average Bonchev–Trinajstić information content (AvgIpc) is 3.16. The number of aryl methyl sites for hydroxylation is 2. The van der Waals surface area contributed by atoms with Gasteiger partial charge in [0.25, 0.3) is 0 Å². The number of hydrogen-bond donors (Lipinski definition) is 0. The van der Waals surface area contributed by atoms with Crippen molar-refractivity contribution < 1.29 is 9.47 Å². The Balaban J connectivity index is 1.57. The lowest BCUT2D eigenvalue weighted by molar-refractivity contribution is 0.0852. The van der Waals surface area contributed by atoms with Crippen LogP contribution >= 0.6 is 0 Å². The van der Waals surface area contributed by atoms with Gasteiger partial charge in [-0.25, -0.2) is 14.6 Å². The number of benzene rings is 1. The molecule has 0 spiro atoms. The van der Waals surface area contributed by atoms with Crippen LogP contribution in [0.1, 0.15) is 35.7 Å². The minimum absolute atomic E-state index is 0.549. The molecule has 2 saturated heterocycles. The summed E-state index contributed by atoms with van der Waals surface area (Å²) in [7, 11) is 0. The van der Waals surface area contributed by atoms with E-state index in [0.29, 0.717) is 5.92 Å². The van der Waals surface area contributed by atoms with Gasteiger partial charge in [0.2, 0.25) is 0 Å². The molecule has 2 fully saturated rings. The molecule has 0 saturated carbocycles. The van der Waals surface area contributed by atoms with Gasteiger partial charge >= 0.3 is 0 Å². The van der Waals surface area contributed by atoms with Gasteiger partial charge in [-0.15, -0.1) is 0 Å². The number of fused-ring (bicyclic) bond motifs is 1. The molecule has 5 rings (SSSR count). The first-order valence-electron chi connectivity index (χ1n) is 10.4. The Morgan fingerprint density at radius 2 is 1.62 bits per heavy atom. The lowest BCUT2D eigenvalue weighted by Crippen LogP contribution is -2.37. The normalized spacial score (nSPS) is 18.5. The van der Waals surface area contributed by atoms with Crippen LogP contribution in [0.3, 0.4) is 0 Å². The Morgan fingerprint density at radius 3 is 2.41 bits per heavy atom. The van der Waals surface area contributed by atoms with Crippen LogP contribution in [0.25, 0.3) is 16.7 Å². The van der Waals surface area contributed by atoms with Gasteiger partial charge in [-0.2, -0.15) is 5.10 Å². The first-order chi connectivity index (χ1) is 14.2. The molecule has 152 valence electrons. The van der Waals surface area contributed by atoms with Gasteiger partial charge in [0.05, 0.1) is 24.9 Å². The van der Waals surface area contributed by atoms with E-state index in [1.807, 2.05) is 23.9 Å². The highest BCUT2D eigenvalue weighted by Gasteiger charge is 2.20. The molecule has 29 heavy (non-hydrogen) atoms. The molecule has 1 aromatic carbocycles. The van der Waals surface area contributed by atoms with Gasteiger partial charge in [0, 0.05) is 37.8 Å². The Kier molecular flexibility index (Phi) is 4.93. The van der Waals surface area contributed by atoms with E-state index in [1.54, 1.807) is 0 Å². The van der Waals surface area contributed by atoms with Gasteiger partial charge in [-0.05, 0) is 55.9 Å². The Bertz CT molecular complexity index is 1020. The van der Waals surface area contributed by atoms with Crippen LogP contribution in [0, 0.1) is 13.8 Å². The lowest BCUT2D eigenvalue weighted by atomic mass is 9.88. The van der Waals surface area contributed by atoms with Gasteiger partial charge in [0.15, 0.2) is 5.82 Å². The number of ether oxygens (including phenoxy) is 2. The molecule has 0 aliphatic carbocycles. The van der Waals surface area contributed by atoms with E-state index in [2.05, 4.69) is 34.0 Å².